The Morgan fingerprint density at radius 2 is 1.93 bits per heavy atom. The minimum atomic E-state index is -0.640. The van der Waals surface area contributed by atoms with E-state index in [0.717, 1.165) is 18.1 Å². The minimum Gasteiger partial charge on any atom is -0.348 e. The van der Waals surface area contributed by atoms with Crippen LogP contribution in [0.4, 0.5) is 8.78 Å². The molecule has 0 saturated carbocycles. The topological polar surface area (TPSA) is 58.2 Å². The Kier molecular flexibility index (Phi) is 5.64. The zero-order valence-electron chi connectivity index (χ0n) is 14.7. The van der Waals surface area contributed by atoms with Crippen LogP contribution in [0.25, 0.3) is 0 Å². The second-order valence-electron chi connectivity index (χ2n) is 6.49. The van der Waals surface area contributed by atoms with Crippen LogP contribution in [0.15, 0.2) is 49.1 Å². The van der Waals surface area contributed by atoms with Gasteiger partial charge in [-0.15, -0.1) is 0 Å². The Labute approximate surface area is 156 Å². The number of amides is 2. The fourth-order valence-electron chi connectivity index (χ4n) is 3.26. The van der Waals surface area contributed by atoms with Gasteiger partial charge in [0.2, 0.25) is 5.91 Å². The number of halogens is 2. The molecule has 4 nitrogen and oxygen atoms in total. The Balaban J connectivity index is 1.70. The number of nitrogens with one attached hydrogen (secondary N) is 2. The van der Waals surface area contributed by atoms with Crippen LogP contribution in [-0.2, 0) is 17.8 Å². The van der Waals surface area contributed by atoms with E-state index in [1.807, 2.05) is 0 Å². The predicted octanol–water partition coefficient (Wildman–Crippen LogP) is 3.57. The standard InChI is InChI=1S/C21H20F2N2O2/c1-2-20(26)24-12-13-6-8-14(9-7-13)21(27)25-19-5-3-4-16-17(19)10-15(22)11-18(16)23/h2,6-11,19H,1,3-5,12H2,(H,24,26)(H,25,27)/t19-/m0/s1. The summed E-state index contributed by atoms with van der Waals surface area (Å²) < 4.78 is 27.6. The van der Waals surface area contributed by atoms with E-state index in [-0.39, 0.29) is 11.8 Å². The maximum absolute atomic E-state index is 14.0. The first-order valence-electron chi connectivity index (χ1n) is 8.76. The number of hydrogen-bond donors (Lipinski definition) is 2. The highest BCUT2D eigenvalue weighted by Gasteiger charge is 2.25. The smallest absolute Gasteiger partial charge is 0.251 e. The normalized spacial score (nSPS) is 15.6. The molecule has 27 heavy (non-hydrogen) atoms. The van der Waals surface area contributed by atoms with Crippen LogP contribution in [-0.4, -0.2) is 11.8 Å². The zero-order chi connectivity index (χ0) is 19.4. The first-order chi connectivity index (χ1) is 13.0. The van der Waals surface area contributed by atoms with Crippen molar-refractivity contribution in [3.05, 3.63) is 82.9 Å². The van der Waals surface area contributed by atoms with Gasteiger partial charge in [0.25, 0.3) is 5.91 Å². The summed E-state index contributed by atoms with van der Waals surface area (Å²) in [5.41, 5.74) is 2.27. The number of hydrogen-bond acceptors (Lipinski definition) is 2. The summed E-state index contributed by atoms with van der Waals surface area (Å²) in [6, 6.07) is 8.55. The summed E-state index contributed by atoms with van der Waals surface area (Å²) in [7, 11) is 0. The minimum absolute atomic E-state index is 0.271. The zero-order valence-corrected chi connectivity index (χ0v) is 14.7. The molecule has 1 aliphatic rings. The maximum Gasteiger partial charge on any atom is 0.251 e. The molecule has 2 aromatic rings. The molecule has 0 spiro atoms. The summed E-state index contributed by atoms with van der Waals surface area (Å²) in [6.45, 7) is 3.72. The molecule has 0 unspecified atom stereocenters. The molecule has 6 heteroatoms. The van der Waals surface area contributed by atoms with Gasteiger partial charge in [0, 0.05) is 18.2 Å². The van der Waals surface area contributed by atoms with E-state index < -0.39 is 17.7 Å². The fraction of sp³-hybridized carbons (Fsp3) is 0.238. The average molecular weight is 370 g/mol. The molecule has 2 N–H and O–H groups in total. The predicted molar refractivity (Wildman–Crippen MR) is 98.0 cm³/mol. The lowest BCUT2D eigenvalue weighted by atomic mass is 9.87. The van der Waals surface area contributed by atoms with Crippen molar-refractivity contribution in [1.29, 1.82) is 0 Å². The quantitative estimate of drug-likeness (QED) is 0.791. The number of rotatable bonds is 5. The molecule has 2 amide bonds. The third-order valence-electron chi connectivity index (χ3n) is 4.66. The molecule has 0 saturated heterocycles. The highest BCUT2D eigenvalue weighted by atomic mass is 19.1. The number of benzene rings is 2. The molecule has 1 aliphatic carbocycles. The molecule has 140 valence electrons. The van der Waals surface area contributed by atoms with Crippen molar-refractivity contribution in [2.45, 2.75) is 31.8 Å². The van der Waals surface area contributed by atoms with Crippen LogP contribution >= 0.6 is 0 Å². The van der Waals surface area contributed by atoms with Crippen LogP contribution in [0.3, 0.4) is 0 Å². The van der Waals surface area contributed by atoms with Gasteiger partial charge < -0.3 is 10.6 Å². The van der Waals surface area contributed by atoms with E-state index in [1.54, 1.807) is 24.3 Å². The summed E-state index contributed by atoms with van der Waals surface area (Å²) in [4.78, 5) is 23.7. The Hall–Kier alpha value is -3.02. The van der Waals surface area contributed by atoms with E-state index >= 15 is 0 Å². The largest absolute Gasteiger partial charge is 0.348 e. The van der Waals surface area contributed by atoms with E-state index in [9.17, 15) is 18.4 Å². The van der Waals surface area contributed by atoms with Gasteiger partial charge in [-0.1, -0.05) is 18.7 Å². The monoisotopic (exact) mass is 370 g/mol. The molecule has 1 atom stereocenters. The first-order valence-corrected chi connectivity index (χ1v) is 8.76. The Morgan fingerprint density at radius 3 is 2.63 bits per heavy atom. The van der Waals surface area contributed by atoms with Gasteiger partial charge in [0.1, 0.15) is 11.6 Å². The van der Waals surface area contributed by atoms with E-state index in [0.29, 0.717) is 36.1 Å². The molecular formula is C21H20F2N2O2. The molecule has 2 aromatic carbocycles. The van der Waals surface area contributed by atoms with E-state index in [4.69, 9.17) is 0 Å². The molecule has 0 radical (unpaired) electrons. The highest BCUT2D eigenvalue weighted by molar-refractivity contribution is 5.94. The second-order valence-corrected chi connectivity index (χ2v) is 6.49. The van der Waals surface area contributed by atoms with Gasteiger partial charge in [-0.05, 0) is 60.2 Å². The average Bonchev–Trinajstić information content (AvgIpc) is 2.67. The number of fused-ring (bicyclic) bond motifs is 1. The lowest BCUT2D eigenvalue weighted by Crippen LogP contribution is -2.31. The Bertz CT molecular complexity index is 878. The summed E-state index contributed by atoms with van der Waals surface area (Å²) >= 11 is 0. The van der Waals surface area contributed by atoms with Crippen LogP contribution in [0.2, 0.25) is 0 Å². The van der Waals surface area contributed by atoms with Crippen LogP contribution < -0.4 is 10.6 Å². The summed E-state index contributed by atoms with van der Waals surface area (Å²) in [5, 5.41) is 5.53. The molecule has 0 heterocycles. The third-order valence-corrected chi connectivity index (χ3v) is 4.66. The summed E-state index contributed by atoms with van der Waals surface area (Å²) in [6.07, 6.45) is 3.09. The maximum atomic E-state index is 14.0. The van der Waals surface area contributed by atoms with E-state index in [2.05, 4.69) is 17.2 Å². The number of carbonyl (C=O) groups is 2. The molecular weight excluding hydrogens is 350 g/mol. The van der Waals surface area contributed by atoms with Crippen LogP contribution in [0.5, 0.6) is 0 Å². The van der Waals surface area contributed by atoms with Gasteiger partial charge in [-0.25, -0.2) is 8.78 Å². The van der Waals surface area contributed by atoms with Crippen molar-refractivity contribution in [3.63, 3.8) is 0 Å². The molecule has 0 fully saturated rings. The van der Waals surface area contributed by atoms with Gasteiger partial charge >= 0.3 is 0 Å². The SMILES string of the molecule is C=CC(=O)NCc1ccc(C(=O)N[C@H]2CCCc3c(F)cc(F)cc32)cc1. The molecule has 3 rings (SSSR count). The van der Waals surface area contributed by atoms with Crippen LogP contribution in [0, 0.1) is 11.6 Å². The van der Waals surface area contributed by atoms with Crippen molar-refractivity contribution >= 4 is 11.8 Å². The molecule has 0 aromatic heterocycles. The molecule has 0 aliphatic heterocycles. The van der Waals surface area contributed by atoms with Crippen molar-refractivity contribution in [2.24, 2.45) is 0 Å². The van der Waals surface area contributed by atoms with Crippen molar-refractivity contribution in [1.82, 2.24) is 10.6 Å². The van der Waals surface area contributed by atoms with Gasteiger partial charge in [-0.3, -0.25) is 9.59 Å². The van der Waals surface area contributed by atoms with Gasteiger partial charge in [0.05, 0.1) is 6.04 Å². The van der Waals surface area contributed by atoms with Crippen LogP contribution in [0.1, 0.15) is 45.9 Å². The Morgan fingerprint density at radius 1 is 1.19 bits per heavy atom. The second kappa shape index (κ2) is 8.12. The first kappa shape index (κ1) is 18.8. The lowest BCUT2D eigenvalue weighted by Gasteiger charge is -2.27. The van der Waals surface area contributed by atoms with Crippen molar-refractivity contribution in [3.8, 4) is 0 Å². The summed E-state index contributed by atoms with van der Waals surface area (Å²) in [5.74, 6) is -1.78. The highest BCUT2D eigenvalue weighted by Crippen LogP contribution is 2.32. The van der Waals surface area contributed by atoms with Gasteiger partial charge in [0.15, 0.2) is 0 Å². The number of carbonyl (C=O) groups excluding carboxylic acids is 2. The van der Waals surface area contributed by atoms with Crippen molar-refractivity contribution < 1.29 is 18.4 Å². The lowest BCUT2D eigenvalue weighted by molar-refractivity contribution is -0.116. The van der Waals surface area contributed by atoms with Gasteiger partial charge in [-0.2, -0.15) is 0 Å². The van der Waals surface area contributed by atoms with E-state index in [1.165, 1.54) is 12.1 Å². The van der Waals surface area contributed by atoms with Crippen molar-refractivity contribution in [2.75, 3.05) is 0 Å². The fourth-order valence-corrected chi connectivity index (χ4v) is 3.26. The third kappa shape index (κ3) is 4.39. The molecule has 0 bridgehead atoms.